The lowest BCUT2D eigenvalue weighted by atomic mass is 9.87. The smallest absolute Gasteiger partial charge is 0.410 e. The molecular weight excluding hydrogens is 700 g/mol. The molecule has 4 aliphatic rings. The van der Waals surface area contributed by atoms with E-state index in [9.17, 15) is 4.79 Å². The van der Waals surface area contributed by atoms with Crippen LogP contribution in [-0.4, -0.2) is 77.3 Å². The topological polar surface area (TPSA) is 138 Å². The Balaban J connectivity index is 1.33. The van der Waals surface area contributed by atoms with Gasteiger partial charge in [-0.3, -0.25) is 5.41 Å². The number of amides is 1. The molecule has 1 aromatic heterocycles. The monoisotopic (exact) mass is 747 g/mol. The quantitative estimate of drug-likeness (QED) is 0.126. The van der Waals surface area contributed by atoms with E-state index in [1.165, 1.54) is 12.3 Å². The third-order valence-electron chi connectivity index (χ3n) is 11.1. The minimum atomic E-state index is -0.596. The number of halogens is 1. The molecule has 4 N–H and O–H groups in total. The number of benzene rings is 3. The van der Waals surface area contributed by atoms with Gasteiger partial charge in [-0.25, -0.2) is 9.18 Å². The van der Waals surface area contributed by atoms with Crippen molar-refractivity contribution in [3.05, 3.63) is 70.0 Å². The van der Waals surface area contributed by atoms with Crippen molar-refractivity contribution in [3.63, 3.8) is 0 Å². The van der Waals surface area contributed by atoms with Crippen LogP contribution in [0.4, 0.5) is 20.7 Å². The van der Waals surface area contributed by atoms with Crippen LogP contribution in [-0.2, 0) is 16.1 Å². The van der Waals surface area contributed by atoms with Gasteiger partial charge in [-0.05, 0) is 93.8 Å². The molecule has 0 radical (unpaired) electrons. The molecule has 4 aromatic rings. The number of anilines is 2. The first-order chi connectivity index (χ1) is 26.4. The van der Waals surface area contributed by atoms with Crippen LogP contribution in [0, 0.1) is 25.1 Å². The molecule has 4 fully saturated rings. The summed E-state index contributed by atoms with van der Waals surface area (Å²) < 4.78 is 40.6. The lowest BCUT2D eigenvalue weighted by Gasteiger charge is -2.36. The number of hydrogen-bond donors (Lipinski definition) is 2. The van der Waals surface area contributed by atoms with Crippen molar-refractivity contribution in [3.8, 4) is 35.2 Å². The molecule has 1 amide bonds. The second-order valence-corrected chi connectivity index (χ2v) is 16.1. The first-order valence-electron chi connectivity index (χ1n) is 19.1. The average Bonchev–Trinajstić information content (AvgIpc) is 3.81. The van der Waals surface area contributed by atoms with Gasteiger partial charge in [0.1, 0.15) is 35.5 Å². The molecule has 3 aromatic carbocycles. The largest absolute Gasteiger partial charge is 0.486 e. The molecule has 286 valence electrons. The highest BCUT2D eigenvalue weighted by Crippen LogP contribution is 2.53. The summed E-state index contributed by atoms with van der Waals surface area (Å²) in [6, 6.07) is 11.2. The van der Waals surface area contributed by atoms with Crippen LogP contribution < -0.4 is 25.5 Å². The van der Waals surface area contributed by atoms with Crippen molar-refractivity contribution < 1.29 is 33.5 Å². The predicted octanol–water partition coefficient (Wildman–Crippen LogP) is 5.70. The molecular formula is C43H48FN6O5+. The Morgan fingerprint density at radius 1 is 1.09 bits per heavy atom. The number of aromatic nitrogens is 2. The Morgan fingerprint density at radius 2 is 1.84 bits per heavy atom. The van der Waals surface area contributed by atoms with E-state index in [1.54, 1.807) is 6.92 Å². The molecule has 4 heterocycles. The van der Waals surface area contributed by atoms with Gasteiger partial charge in [0.05, 0.1) is 30.9 Å². The molecule has 3 saturated heterocycles. The summed E-state index contributed by atoms with van der Waals surface area (Å²) in [4.78, 5) is 27.6. The van der Waals surface area contributed by atoms with E-state index < -0.39 is 11.4 Å². The van der Waals surface area contributed by atoms with Crippen LogP contribution in [0.3, 0.4) is 0 Å². The normalized spacial score (nSPS) is 19.8. The number of fused-ring (bicyclic) bond motifs is 3. The number of ether oxygens (including phenoxy) is 4. The number of piperazine rings is 1. The van der Waals surface area contributed by atoms with Gasteiger partial charge in [0.25, 0.3) is 0 Å². The molecule has 2 atom stereocenters. The second kappa shape index (κ2) is 14.3. The van der Waals surface area contributed by atoms with Gasteiger partial charge in [0, 0.05) is 53.7 Å². The van der Waals surface area contributed by atoms with Crippen molar-refractivity contribution in [1.29, 1.82) is 0 Å². The summed E-state index contributed by atoms with van der Waals surface area (Å²) in [6.45, 7) is 9.80. The molecule has 11 nitrogen and oxygen atoms in total. The van der Waals surface area contributed by atoms with E-state index >= 15 is 4.39 Å². The van der Waals surface area contributed by atoms with Crippen LogP contribution in [0.15, 0.2) is 36.4 Å². The molecule has 0 unspecified atom stereocenters. The van der Waals surface area contributed by atoms with E-state index in [-0.39, 0.29) is 48.5 Å². The van der Waals surface area contributed by atoms with Crippen molar-refractivity contribution in [1.82, 2.24) is 14.9 Å². The minimum absolute atomic E-state index is 0.00153. The fourth-order valence-corrected chi connectivity index (χ4v) is 8.16. The number of carbonyl (C=O) groups excluding carboxylic acids is 1. The molecule has 1 aliphatic carbocycles. The third kappa shape index (κ3) is 7.13. The highest BCUT2D eigenvalue weighted by atomic mass is 19.1. The Kier molecular flexibility index (Phi) is 9.53. The van der Waals surface area contributed by atoms with Gasteiger partial charge in [0.15, 0.2) is 12.0 Å². The van der Waals surface area contributed by atoms with Crippen LogP contribution in [0.25, 0.3) is 22.0 Å². The number of nitrogens with two attached hydrogens (primary N) is 2. The van der Waals surface area contributed by atoms with Crippen molar-refractivity contribution >= 4 is 34.7 Å². The van der Waals surface area contributed by atoms with E-state index in [0.29, 0.717) is 78.5 Å². The maximum absolute atomic E-state index is 15.7. The average molecular weight is 748 g/mol. The van der Waals surface area contributed by atoms with Crippen molar-refractivity contribution in [2.45, 2.75) is 96.1 Å². The summed E-state index contributed by atoms with van der Waals surface area (Å²) in [5.74, 6) is 3.60. The molecule has 2 bridgehead atoms. The van der Waals surface area contributed by atoms with Crippen LogP contribution >= 0.6 is 0 Å². The lowest BCUT2D eigenvalue weighted by molar-refractivity contribution is -0.104. The number of hydrogen-bond acceptors (Lipinski definition) is 9. The van der Waals surface area contributed by atoms with Gasteiger partial charge in [-0.2, -0.15) is 9.97 Å². The number of nitrogens with zero attached hydrogens (tertiary/aromatic N) is 4. The maximum Gasteiger partial charge on any atom is 0.410 e. The van der Waals surface area contributed by atoms with Crippen molar-refractivity contribution in [2.24, 2.45) is 0 Å². The standard InChI is InChI=1S/C43H47FN6O5/c1-6-25-7-9-26(10-8-25)23-53-39-37(36-24(2)34(44)19-35(46)33(36)20-45)31(27-11-12-27)18-32-38(39)47-41(54-30-13-15-52-16-14-30)48-40(32)49-21-29-17-28(49)22-50(29)42(51)55-43(3,4)5/h1,7-10,18-20,27-30,45H,11-17,21-23,46H2,2-5H3/p+1/t28-,29-/m0/s1. The highest BCUT2D eigenvalue weighted by Gasteiger charge is 2.48. The van der Waals surface area contributed by atoms with Gasteiger partial charge in [-0.1, -0.05) is 18.1 Å². The first kappa shape index (κ1) is 36.6. The van der Waals surface area contributed by atoms with Gasteiger partial charge in [-0.15, -0.1) is 6.42 Å². The van der Waals surface area contributed by atoms with E-state index in [0.717, 1.165) is 41.3 Å². The fraction of sp³-hybridized carbons (Fsp3) is 0.442. The number of rotatable bonds is 9. The minimum Gasteiger partial charge on any atom is -0.486 e. The number of terminal acetylenes is 1. The Bertz CT molecular complexity index is 2200. The fourth-order valence-electron chi connectivity index (χ4n) is 8.16. The van der Waals surface area contributed by atoms with Gasteiger partial charge < -0.3 is 34.5 Å². The highest BCUT2D eigenvalue weighted by molar-refractivity contribution is 6.05. The van der Waals surface area contributed by atoms with Crippen molar-refractivity contribution in [2.75, 3.05) is 36.9 Å². The molecule has 0 spiro atoms. The van der Waals surface area contributed by atoms with E-state index in [1.807, 2.05) is 49.9 Å². The number of likely N-dealkylation sites (tertiary alicyclic amines) is 1. The van der Waals surface area contributed by atoms with Crippen LogP contribution in [0.1, 0.15) is 86.6 Å². The summed E-state index contributed by atoms with van der Waals surface area (Å²) in [7, 11) is 0. The van der Waals surface area contributed by atoms with Crippen LogP contribution in [0.2, 0.25) is 0 Å². The summed E-state index contributed by atoms with van der Waals surface area (Å²) in [6.07, 6.45) is 10.7. The lowest BCUT2D eigenvalue weighted by Crippen LogP contribution is -2.50. The molecule has 8 rings (SSSR count). The van der Waals surface area contributed by atoms with Crippen LogP contribution in [0.5, 0.6) is 11.8 Å². The Hall–Kier alpha value is -5.41. The Labute approximate surface area is 320 Å². The molecule has 12 heteroatoms. The third-order valence-corrected chi connectivity index (χ3v) is 11.1. The van der Waals surface area contributed by atoms with Gasteiger partial charge >= 0.3 is 12.1 Å². The van der Waals surface area contributed by atoms with E-state index in [4.69, 9.17) is 46.5 Å². The van der Waals surface area contributed by atoms with Gasteiger partial charge in [0.2, 0.25) is 0 Å². The molecule has 3 aliphatic heterocycles. The first-order valence-corrected chi connectivity index (χ1v) is 19.1. The molecule has 1 saturated carbocycles. The van der Waals surface area contributed by atoms with E-state index in [2.05, 4.69) is 16.9 Å². The summed E-state index contributed by atoms with van der Waals surface area (Å²) >= 11 is 0. The SMILES string of the molecule is C#Cc1ccc(COc2c(-c3c(C)c(F)cc(N)c3C=[NH2+])c(C3CC3)cc3c(N4C[C@@H]5C[C@H]4CN5C(=O)OC(C)(C)C)nc(OC4CCOCC4)nc23)cc1. The zero-order chi connectivity index (χ0) is 38.6. The summed E-state index contributed by atoms with van der Waals surface area (Å²) in [5.41, 5.74) is 11.5. The number of carbonyl (C=O) groups is 1. The Morgan fingerprint density at radius 3 is 2.47 bits per heavy atom. The second-order valence-electron chi connectivity index (χ2n) is 16.1. The predicted molar refractivity (Wildman–Crippen MR) is 209 cm³/mol. The zero-order valence-electron chi connectivity index (χ0n) is 31.9. The molecule has 55 heavy (non-hydrogen) atoms. The number of nitrogen functional groups attached to an aromatic ring is 1. The maximum atomic E-state index is 15.7. The zero-order valence-corrected chi connectivity index (χ0v) is 31.9. The summed E-state index contributed by atoms with van der Waals surface area (Å²) in [5, 5.41) is 7.05.